The lowest BCUT2D eigenvalue weighted by atomic mass is 10.0. The summed E-state index contributed by atoms with van der Waals surface area (Å²) in [4.78, 5) is 56.1. The molecule has 0 atom stereocenters. The van der Waals surface area contributed by atoms with Crippen LogP contribution >= 0.6 is 0 Å². The van der Waals surface area contributed by atoms with E-state index in [0.29, 0.717) is 86.6 Å². The fourth-order valence-corrected chi connectivity index (χ4v) is 7.64. The van der Waals surface area contributed by atoms with Crippen molar-refractivity contribution in [2.24, 2.45) is 0 Å². The number of methoxy groups -OCH3 is 1. The van der Waals surface area contributed by atoms with Gasteiger partial charge >= 0.3 is 12.2 Å². The number of piperidine rings is 1. The zero-order chi connectivity index (χ0) is 44.7. The number of carbonyl (C=O) groups is 4. The number of ether oxygens (including phenoxy) is 2. The molecule has 4 N–H and O–H groups in total. The molecule has 1 aliphatic heterocycles. The molecule has 6 aromatic rings. The number of hydrogen-bond acceptors (Lipinski definition) is 8. The van der Waals surface area contributed by atoms with Gasteiger partial charge in [0.15, 0.2) is 0 Å². The molecule has 328 valence electrons. The Bertz CT molecular complexity index is 2500. The predicted molar refractivity (Wildman–Crippen MR) is 248 cm³/mol. The third kappa shape index (κ3) is 11.5. The SMILES string of the molecule is COc1ccc(CNCCNC(=O)c2cccc(C(=O)NCCN3CCC(OC(=O)N(c4ccccc4-c4ccccc4)N(C(=O)O)c4ccccc4-c4ccccc4)CC3)c2)cc1. The first-order chi connectivity index (χ1) is 31.3. The molecule has 0 aliphatic carbocycles. The van der Waals surface area contributed by atoms with Crippen LogP contribution in [0, 0.1) is 0 Å². The van der Waals surface area contributed by atoms with Gasteiger partial charge < -0.3 is 35.4 Å². The average molecular weight is 861 g/mol. The minimum absolute atomic E-state index is 0.263. The summed E-state index contributed by atoms with van der Waals surface area (Å²) in [6, 6.07) is 47.6. The predicted octanol–water partition coefficient (Wildman–Crippen LogP) is 8.49. The summed E-state index contributed by atoms with van der Waals surface area (Å²) in [6.45, 7) is 3.79. The van der Waals surface area contributed by atoms with Crippen LogP contribution in [0.3, 0.4) is 0 Å². The van der Waals surface area contributed by atoms with Crippen molar-refractivity contribution < 1.29 is 33.8 Å². The zero-order valence-corrected chi connectivity index (χ0v) is 35.7. The molecule has 0 unspecified atom stereocenters. The lowest BCUT2D eigenvalue weighted by Gasteiger charge is -2.36. The van der Waals surface area contributed by atoms with Crippen LogP contribution in [-0.2, 0) is 11.3 Å². The standard InChI is InChI=1S/C51H52N6O7/c1-63-42-25-23-37(24-26-42)36-52-29-30-53-48(58)40-17-12-18-41(35-40)49(59)54-31-34-55-32-27-43(28-33-55)64-51(62)57(47-22-11-9-20-45(47)39-15-6-3-7-16-39)56(50(60)61)46-21-10-8-19-44(46)38-13-4-2-5-14-38/h2-26,35,43,52H,27-34,36H2,1H3,(H,53,58)(H,54,59)(H,60,61). The number of nitrogens with one attached hydrogen (secondary N) is 3. The number of benzene rings is 6. The van der Waals surface area contributed by atoms with Crippen molar-refractivity contribution in [3.05, 3.63) is 174 Å². The van der Waals surface area contributed by atoms with E-state index in [9.17, 15) is 24.3 Å². The number of carboxylic acid groups (broad SMARTS) is 1. The van der Waals surface area contributed by atoms with Crippen molar-refractivity contribution >= 4 is 35.4 Å². The third-order valence-electron chi connectivity index (χ3n) is 11.0. The monoisotopic (exact) mass is 860 g/mol. The summed E-state index contributed by atoms with van der Waals surface area (Å²) < 4.78 is 11.4. The van der Waals surface area contributed by atoms with E-state index in [-0.39, 0.29) is 17.5 Å². The number of nitrogens with zero attached hydrogens (tertiary/aromatic N) is 3. The lowest BCUT2D eigenvalue weighted by Crippen LogP contribution is -2.52. The first-order valence-corrected chi connectivity index (χ1v) is 21.3. The maximum atomic E-state index is 14.5. The van der Waals surface area contributed by atoms with E-state index in [1.54, 1.807) is 55.6 Å². The number of hydrogen-bond donors (Lipinski definition) is 4. The molecule has 13 heteroatoms. The van der Waals surface area contributed by atoms with Gasteiger partial charge in [-0.3, -0.25) is 9.59 Å². The van der Waals surface area contributed by atoms with Gasteiger partial charge in [-0.1, -0.05) is 115 Å². The quantitative estimate of drug-likeness (QED) is 0.0555. The Hall–Kier alpha value is -7.48. The molecule has 0 bridgehead atoms. The molecule has 1 saturated heterocycles. The Morgan fingerprint density at radius 1 is 0.625 bits per heavy atom. The number of likely N-dealkylation sites (tertiary alicyclic amines) is 1. The van der Waals surface area contributed by atoms with Crippen molar-refractivity contribution in [2.75, 3.05) is 56.4 Å². The maximum Gasteiger partial charge on any atom is 0.434 e. The van der Waals surface area contributed by atoms with E-state index in [2.05, 4.69) is 20.9 Å². The van der Waals surface area contributed by atoms with Crippen LogP contribution in [0.25, 0.3) is 22.3 Å². The van der Waals surface area contributed by atoms with Gasteiger partial charge in [-0.05, 0) is 72.0 Å². The summed E-state index contributed by atoms with van der Waals surface area (Å²) in [5.41, 5.74) is 5.39. The first kappa shape index (κ1) is 44.6. The number of rotatable bonds is 16. The van der Waals surface area contributed by atoms with Crippen LogP contribution in [0.2, 0.25) is 0 Å². The molecule has 0 aromatic heterocycles. The molecule has 64 heavy (non-hydrogen) atoms. The van der Waals surface area contributed by atoms with Crippen LogP contribution in [0.15, 0.2) is 158 Å². The second-order valence-electron chi connectivity index (χ2n) is 15.2. The fourth-order valence-electron chi connectivity index (χ4n) is 7.64. The topological polar surface area (TPSA) is 153 Å². The highest BCUT2D eigenvalue weighted by Crippen LogP contribution is 2.38. The summed E-state index contributed by atoms with van der Waals surface area (Å²) in [5.74, 6) is 0.250. The molecular formula is C51H52N6O7. The zero-order valence-electron chi connectivity index (χ0n) is 35.7. The van der Waals surface area contributed by atoms with E-state index in [1.807, 2.05) is 109 Å². The third-order valence-corrected chi connectivity index (χ3v) is 11.0. The van der Waals surface area contributed by atoms with Gasteiger partial charge in [0, 0.05) is 68.1 Å². The van der Waals surface area contributed by atoms with Crippen LogP contribution in [0.5, 0.6) is 5.75 Å². The number of carbonyl (C=O) groups excluding carboxylic acids is 3. The van der Waals surface area contributed by atoms with Gasteiger partial charge in [-0.25, -0.2) is 9.59 Å². The summed E-state index contributed by atoms with van der Waals surface area (Å²) in [7, 11) is 1.63. The first-order valence-electron chi connectivity index (χ1n) is 21.3. The molecule has 1 aliphatic rings. The van der Waals surface area contributed by atoms with E-state index >= 15 is 0 Å². The van der Waals surface area contributed by atoms with Crippen LogP contribution in [0.1, 0.15) is 39.1 Å². The summed E-state index contributed by atoms with van der Waals surface area (Å²) >= 11 is 0. The van der Waals surface area contributed by atoms with Crippen molar-refractivity contribution in [2.45, 2.75) is 25.5 Å². The van der Waals surface area contributed by atoms with Crippen molar-refractivity contribution in [3.63, 3.8) is 0 Å². The Labute approximate surface area is 373 Å². The van der Waals surface area contributed by atoms with Gasteiger partial charge in [-0.2, -0.15) is 10.0 Å². The van der Waals surface area contributed by atoms with E-state index in [4.69, 9.17) is 9.47 Å². The van der Waals surface area contributed by atoms with Crippen molar-refractivity contribution in [1.82, 2.24) is 20.9 Å². The summed E-state index contributed by atoms with van der Waals surface area (Å²) in [6.07, 6.45) is -1.65. The minimum atomic E-state index is -1.36. The second-order valence-corrected chi connectivity index (χ2v) is 15.2. The molecule has 1 fully saturated rings. The number of para-hydroxylation sites is 2. The molecule has 1 heterocycles. The van der Waals surface area contributed by atoms with Gasteiger partial charge in [0.1, 0.15) is 11.9 Å². The maximum absolute atomic E-state index is 14.5. The lowest BCUT2D eigenvalue weighted by molar-refractivity contribution is 0.0543. The van der Waals surface area contributed by atoms with Crippen molar-refractivity contribution in [3.8, 4) is 28.0 Å². The van der Waals surface area contributed by atoms with Gasteiger partial charge in [0.2, 0.25) is 0 Å². The van der Waals surface area contributed by atoms with Crippen LogP contribution in [0.4, 0.5) is 21.0 Å². The fraction of sp³-hybridized carbons (Fsp3) is 0.216. The van der Waals surface area contributed by atoms with E-state index < -0.39 is 18.3 Å². The van der Waals surface area contributed by atoms with Gasteiger partial charge in [-0.15, -0.1) is 0 Å². The molecular weight excluding hydrogens is 809 g/mol. The molecule has 13 nitrogen and oxygen atoms in total. The highest BCUT2D eigenvalue weighted by atomic mass is 16.6. The van der Waals surface area contributed by atoms with E-state index in [1.165, 1.54) is 0 Å². The van der Waals surface area contributed by atoms with E-state index in [0.717, 1.165) is 32.5 Å². The number of anilines is 2. The Morgan fingerprint density at radius 2 is 1.16 bits per heavy atom. The second kappa shape index (κ2) is 22.0. The summed E-state index contributed by atoms with van der Waals surface area (Å²) in [5, 5.41) is 22.2. The molecule has 7 rings (SSSR count). The highest BCUT2D eigenvalue weighted by Gasteiger charge is 2.36. The molecule has 0 saturated carbocycles. The highest BCUT2D eigenvalue weighted by molar-refractivity contribution is 6.06. The Morgan fingerprint density at radius 3 is 1.72 bits per heavy atom. The molecule has 4 amide bonds. The van der Waals surface area contributed by atoms with Gasteiger partial charge in [0.05, 0.1) is 18.5 Å². The smallest absolute Gasteiger partial charge is 0.434 e. The van der Waals surface area contributed by atoms with Gasteiger partial charge in [0.25, 0.3) is 11.8 Å². The largest absolute Gasteiger partial charge is 0.497 e. The number of amides is 4. The number of hydrazine groups is 1. The minimum Gasteiger partial charge on any atom is -0.497 e. The molecule has 0 radical (unpaired) electrons. The van der Waals surface area contributed by atoms with Crippen molar-refractivity contribution in [1.29, 1.82) is 0 Å². The van der Waals surface area contributed by atoms with Crippen LogP contribution < -0.4 is 30.7 Å². The molecule has 0 spiro atoms. The molecule has 6 aromatic carbocycles. The Kier molecular flexibility index (Phi) is 15.4. The Balaban J connectivity index is 0.944. The van der Waals surface area contributed by atoms with Crippen LogP contribution in [-0.4, -0.2) is 86.5 Å². The normalized spacial score (nSPS) is 12.8. The average Bonchev–Trinajstić information content (AvgIpc) is 3.34.